The van der Waals surface area contributed by atoms with Gasteiger partial charge in [0, 0.05) is 26.7 Å². The standard InChI is InChI=1S/C22H22ClN3O7S/c1-24-19(23)14-20(27)26(22(24)30)13-12-18(21(28)29)25(2)34(31,32)17-10-8-16(9-11-17)33-15-6-4-3-5-7-15/h3-11,14,18H,12-13H2,1-2H3,(H,28,29). The van der Waals surface area contributed by atoms with Crippen molar-refractivity contribution in [2.24, 2.45) is 7.05 Å². The van der Waals surface area contributed by atoms with Crippen LogP contribution in [-0.4, -0.2) is 46.0 Å². The molecular weight excluding hydrogens is 486 g/mol. The van der Waals surface area contributed by atoms with E-state index in [4.69, 9.17) is 16.3 Å². The summed E-state index contributed by atoms with van der Waals surface area (Å²) in [6.07, 6.45) is -0.322. The van der Waals surface area contributed by atoms with Gasteiger partial charge in [-0.25, -0.2) is 13.2 Å². The minimum absolute atomic E-state index is 0.0691. The van der Waals surface area contributed by atoms with Crippen molar-refractivity contribution < 1.29 is 23.1 Å². The number of ether oxygens (including phenoxy) is 1. The van der Waals surface area contributed by atoms with Gasteiger partial charge in [0.15, 0.2) is 0 Å². The zero-order valence-electron chi connectivity index (χ0n) is 18.3. The highest BCUT2D eigenvalue weighted by molar-refractivity contribution is 7.89. The van der Waals surface area contributed by atoms with Gasteiger partial charge in [-0.05, 0) is 42.8 Å². The number of hydrogen-bond donors (Lipinski definition) is 1. The summed E-state index contributed by atoms with van der Waals surface area (Å²) in [7, 11) is -1.72. The molecule has 0 saturated heterocycles. The monoisotopic (exact) mass is 507 g/mol. The molecule has 0 fully saturated rings. The second kappa shape index (κ2) is 10.2. The lowest BCUT2D eigenvalue weighted by atomic mass is 10.2. The lowest BCUT2D eigenvalue weighted by Gasteiger charge is -2.24. The summed E-state index contributed by atoms with van der Waals surface area (Å²) in [5.41, 5.74) is -1.45. The molecule has 1 unspecified atom stereocenters. The van der Waals surface area contributed by atoms with Crippen molar-refractivity contribution in [3.8, 4) is 11.5 Å². The maximum atomic E-state index is 13.1. The van der Waals surface area contributed by atoms with Gasteiger partial charge in [0.25, 0.3) is 5.56 Å². The predicted octanol–water partition coefficient (Wildman–Crippen LogP) is 2.16. The fourth-order valence-corrected chi connectivity index (χ4v) is 4.71. The third kappa shape index (κ3) is 5.38. The summed E-state index contributed by atoms with van der Waals surface area (Å²) in [6, 6.07) is 13.9. The average Bonchev–Trinajstić information content (AvgIpc) is 2.80. The smallest absolute Gasteiger partial charge is 0.331 e. The Labute approximate surface area is 200 Å². The fraction of sp³-hybridized carbons (Fsp3) is 0.227. The number of sulfonamides is 1. The zero-order valence-corrected chi connectivity index (χ0v) is 19.9. The van der Waals surface area contributed by atoms with Crippen molar-refractivity contribution in [1.82, 2.24) is 13.4 Å². The number of likely N-dealkylation sites (N-methyl/N-ethyl adjacent to an activating group) is 1. The SMILES string of the molecule is CN(C(CCn1c(=O)cc(Cl)n(C)c1=O)C(=O)O)S(=O)(=O)c1ccc(Oc2ccccc2)cc1. The quantitative estimate of drug-likeness (QED) is 0.439. The molecule has 0 radical (unpaired) electrons. The molecule has 0 spiro atoms. The van der Waals surface area contributed by atoms with Gasteiger partial charge < -0.3 is 9.84 Å². The number of aromatic nitrogens is 2. The Hall–Kier alpha value is -3.41. The molecule has 0 aliphatic rings. The van der Waals surface area contributed by atoms with Gasteiger partial charge in [-0.15, -0.1) is 0 Å². The van der Waals surface area contributed by atoms with E-state index in [2.05, 4.69) is 0 Å². The molecule has 1 N–H and O–H groups in total. The zero-order chi connectivity index (χ0) is 25.0. The van der Waals surface area contributed by atoms with Crippen LogP contribution in [0.15, 0.2) is 75.1 Å². The number of rotatable bonds is 9. The van der Waals surface area contributed by atoms with E-state index in [0.29, 0.717) is 15.8 Å². The second-order valence-electron chi connectivity index (χ2n) is 7.35. The Bertz CT molecular complexity index is 1400. The summed E-state index contributed by atoms with van der Waals surface area (Å²) in [4.78, 5) is 36.1. The molecule has 1 atom stereocenters. The first-order valence-electron chi connectivity index (χ1n) is 10.0. The van der Waals surface area contributed by atoms with Crippen LogP contribution in [0.5, 0.6) is 11.5 Å². The Morgan fingerprint density at radius 1 is 1.09 bits per heavy atom. The molecule has 3 rings (SSSR count). The lowest BCUT2D eigenvalue weighted by Crippen LogP contribution is -2.45. The number of carboxylic acid groups (broad SMARTS) is 1. The molecule has 1 heterocycles. The molecule has 1 aromatic heterocycles. The third-order valence-electron chi connectivity index (χ3n) is 5.18. The van der Waals surface area contributed by atoms with Gasteiger partial charge in [-0.1, -0.05) is 29.8 Å². The lowest BCUT2D eigenvalue weighted by molar-refractivity contribution is -0.141. The minimum atomic E-state index is -4.21. The summed E-state index contributed by atoms with van der Waals surface area (Å²) in [5, 5.41) is 9.59. The van der Waals surface area contributed by atoms with Crippen LogP contribution in [0.2, 0.25) is 5.15 Å². The van der Waals surface area contributed by atoms with E-state index in [1.807, 2.05) is 6.07 Å². The summed E-state index contributed by atoms with van der Waals surface area (Å²) in [5.74, 6) is -0.445. The first kappa shape index (κ1) is 25.2. The highest BCUT2D eigenvalue weighted by Crippen LogP contribution is 2.25. The Morgan fingerprint density at radius 2 is 1.68 bits per heavy atom. The molecule has 0 saturated carbocycles. The van der Waals surface area contributed by atoms with Gasteiger partial charge in [0.1, 0.15) is 22.7 Å². The van der Waals surface area contributed by atoms with Crippen molar-refractivity contribution >= 4 is 27.6 Å². The first-order chi connectivity index (χ1) is 16.0. The number of aliphatic carboxylic acids is 1. The maximum Gasteiger partial charge on any atom is 0.331 e. The highest BCUT2D eigenvalue weighted by Gasteiger charge is 2.33. The van der Waals surface area contributed by atoms with Crippen LogP contribution < -0.4 is 16.0 Å². The number of nitrogens with zero attached hydrogens (tertiary/aromatic N) is 3. The molecule has 0 amide bonds. The second-order valence-corrected chi connectivity index (χ2v) is 9.73. The maximum absolute atomic E-state index is 13.1. The van der Waals surface area contributed by atoms with E-state index < -0.39 is 33.3 Å². The minimum Gasteiger partial charge on any atom is -0.480 e. The summed E-state index contributed by atoms with van der Waals surface area (Å²) < 4.78 is 34.3. The number of hydrogen-bond acceptors (Lipinski definition) is 6. The number of para-hydroxylation sites is 1. The number of carbonyl (C=O) groups is 1. The van der Waals surface area contributed by atoms with E-state index in [-0.39, 0.29) is 23.0 Å². The number of benzene rings is 2. The van der Waals surface area contributed by atoms with E-state index in [1.165, 1.54) is 31.3 Å². The summed E-state index contributed by atoms with van der Waals surface area (Å²) >= 11 is 5.80. The van der Waals surface area contributed by atoms with Crippen LogP contribution in [0.25, 0.3) is 0 Å². The number of halogens is 1. The fourth-order valence-electron chi connectivity index (χ4n) is 3.20. The highest BCUT2D eigenvalue weighted by atomic mass is 35.5. The van der Waals surface area contributed by atoms with Crippen LogP contribution in [0.4, 0.5) is 0 Å². The van der Waals surface area contributed by atoms with Crippen LogP contribution in [0, 0.1) is 0 Å². The van der Waals surface area contributed by atoms with Gasteiger partial charge in [0.05, 0.1) is 4.90 Å². The predicted molar refractivity (Wildman–Crippen MR) is 125 cm³/mol. The molecule has 3 aromatic rings. The summed E-state index contributed by atoms with van der Waals surface area (Å²) in [6.45, 7) is -0.316. The van der Waals surface area contributed by atoms with Crippen LogP contribution >= 0.6 is 11.6 Å². The van der Waals surface area contributed by atoms with E-state index >= 15 is 0 Å². The average molecular weight is 508 g/mol. The molecule has 10 nitrogen and oxygen atoms in total. The van der Waals surface area contributed by atoms with Crippen molar-refractivity contribution in [3.63, 3.8) is 0 Å². The van der Waals surface area contributed by atoms with Crippen LogP contribution in [-0.2, 0) is 28.4 Å². The van der Waals surface area contributed by atoms with Gasteiger partial charge in [-0.2, -0.15) is 4.31 Å². The molecule has 12 heteroatoms. The largest absolute Gasteiger partial charge is 0.480 e. The van der Waals surface area contributed by atoms with Gasteiger partial charge >= 0.3 is 11.7 Å². The molecular formula is C22H22ClN3O7S. The van der Waals surface area contributed by atoms with E-state index in [0.717, 1.165) is 22.2 Å². The van der Waals surface area contributed by atoms with Crippen molar-refractivity contribution in [2.45, 2.75) is 23.9 Å². The Balaban J connectivity index is 1.80. The van der Waals surface area contributed by atoms with Gasteiger partial charge in [0.2, 0.25) is 10.0 Å². The Kier molecular flexibility index (Phi) is 7.60. The molecule has 0 aliphatic carbocycles. The molecule has 0 bridgehead atoms. The molecule has 2 aromatic carbocycles. The van der Waals surface area contributed by atoms with Crippen LogP contribution in [0.1, 0.15) is 6.42 Å². The van der Waals surface area contributed by atoms with E-state index in [1.54, 1.807) is 24.3 Å². The van der Waals surface area contributed by atoms with Crippen molar-refractivity contribution in [3.05, 3.63) is 86.7 Å². The van der Waals surface area contributed by atoms with Crippen LogP contribution in [0.3, 0.4) is 0 Å². The molecule has 0 aliphatic heterocycles. The molecule has 180 valence electrons. The van der Waals surface area contributed by atoms with Crippen molar-refractivity contribution in [1.29, 1.82) is 0 Å². The first-order valence-corrected chi connectivity index (χ1v) is 11.8. The third-order valence-corrected chi connectivity index (χ3v) is 7.42. The van der Waals surface area contributed by atoms with Gasteiger partial charge in [-0.3, -0.25) is 18.7 Å². The molecule has 34 heavy (non-hydrogen) atoms. The normalized spacial score (nSPS) is 12.5. The van der Waals surface area contributed by atoms with E-state index in [9.17, 15) is 27.9 Å². The Morgan fingerprint density at radius 3 is 2.26 bits per heavy atom. The number of carboxylic acids is 1. The topological polar surface area (TPSA) is 128 Å². The van der Waals surface area contributed by atoms with Crippen molar-refractivity contribution in [2.75, 3.05) is 7.05 Å².